The molecule has 0 radical (unpaired) electrons. The van der Waals surface area contributed by atoms with Gasteiger partial charge in [0.05, 0.1) is 6.20 Å². The summed E-state index contributed by atoms with van der Waals surface area (Å²) in [5.74, 6) is -0.969. The number of fused-ring (bicyclic) bond motifs is 3. The van der Waals surface area contributed by atoms with Crippen LogP contribution in [-0.4, -0.2) is 20.5 Å². The van der Waals surface area contributed by atoms with Crippen molar-refractivity contribution in [3.05, 3.63) is 47.9 Å². The largest absolute Gasteiger partial charge is 0.477 e. The van der Waals surface area contributed by atoms with E-state index in [4.69, 9.17) is 5.11 Å². The smallest absolute Gasteiger partial charge is 0.354 e. The molecule has 0 unspecified atom stereocenters. The number of carboxylic acids is 1. The van der Waals surface area contributed by atoms with Crippen molar-refractivity contribution in [3.63, 3.8) is 0 Å². The fraction of sp³-hybridized carbons (Fsp3) is 0.0769. The number of pyridine rings is 1. The lowest BCUT2D eigenvalue weighted by Gasteiger charge is -2.02. The van der Waals surface area contributed by atoms with E-state index in [0.717, 1.165) is 10.8 Å². The van der Waals surface area contributed by atoms with Crippen LogP contribution in [-0.2, 0) is 0 Å². The van der Waals surface area contributed by atoms with Gasteiger partial charge in [-0.25, -0.2) is 9.78 Å². The molecular weight excluding hydrogens is 216 g/mol. The van der Waals surface area contributed by atoms with Gasteiger partial charge in [-0.15, -0.1) is 0 Å². The molecule has 0 bridgehead atoms. The van der Waals surface area contributed by atoms with Crippen molar-refractivity contribution in [1.29, 1.82) is 0 Å². The zero-order chi connectivity index (χ0) is 12.0. The van der Waals surface area contributed by atoms with E-state index in [-0.39, 0.29) is 5.69 Å². The maximum Gasteiger partial charge on any atom is 0.354 e. The third kappa shape index (κ3) is 1.38. The maximum absolute atomic E-state index is 11.0. The first kappa shape index (κ1) is 9.84. The number of carbonyl (C=O) groups is 1. The number of hydrogen-bond acceptors (Lipinski definition) is 2. The Kier molecular flexibility index (Phi) is 1.92. The summed E-state index contributed by atoms with van der Waals surface area (Å²) in [4.78, 5) is 15.2. The summed E-state index contributed by atoms with van der Waals surface area (Å²) >= 11 is 0. The molecule has 0 saturated heterocycles. The van der Waals surface area contributed by atoms with Crippen LogP contribution in [0.1, 0.15) is 16.1 Å². The summed E-state index contributed by atoms with van der Waals surface area (Å²) in [6.45, 7) is 2.03. The van der Waals surface area contributed by atoms with Gasteiger partial charge in [0.15, 0.2) is 5.69 Å². The molecule has 84 valence electrons. The standard InChI is InChI=1S/C13H10N2O2/c1-8-2-3-10-9(6-8)4-5-15-11(13(16)17)7-14-12(10)15/h2-7H,1H3,(H,16,17). The van der Waals surface area contributed by atoms with E-state index in [2.05, 4.69) is 11.1 Å². The number of benzene rings is 1. The highest BCUT2D eigenvalue weighted by Crippen LogP contribution is 2.21. The number of aromatic nitrogens is 2. The third-order valence-electron chi connectivity index (χ3n) is 2.87. The number of aryl methyl sites for hydroxylation is 1. The van der Waals surface area contributed by atoms with Crippen molar-refractivity contribution in [1.82, 2.24) is 9.38 Å². The van der Waals surface area contributed by atoms with Crippen molar-refractivity contribution < 1.29 is 9.90 Å². The maximum atomic E-state index is 11.0. The van der Waals surface area contributed by atoms with Gasteiger partial charge in [-0.05, 0) is 18.4 Å². The Morgan fingerprint density at radius 2 is 2.18 bits per heavy atom. The summed E-state index contributed by atoms with van der Waals surface area (Å²) in [6, 6.07) is 7.93. The molecule has 0 aliphatic carbocycles. The normalized spacial score (nSPS) is 11.1. The molecule has 3 aromatic rings. The van der Waals surface area contributed by atoms with Crippen molar-refractivity contribution in [2.45, 2.75) is 6.92 Å². The molecule has 1 N–H and O–H groups in total. The summed E-state index contributed by atoms with van der Waals surface area (Å²) in [6.07, 6.45) is 3.13. The molecule has 0 fully saturated rings. The summed E-state index contributed by atoms with van der Waals surface area (Å²) in [5, 5.41) is 11.1. The molecule has 2 heterocycles. The van der Waals surface area contributed by atoms with Gasteiger partial charge in [0.25, 0.3) is 0 Å². The molecule has 17 heavy (non-hydrogen) atoms. The van der Waals surface area contributed by atoms with Gasteiger partial charge in [0, 0.05) is 11.6 Å². The van der Waals surface area contributed by atoms with Crippen LogP contribution in [0.25, 0.3) is 16.4 Å². The van der Waals surface area contributed by atoms with Gasteiger partial charge in [0.2, 0.25) is 0 Å². The lowest BCUT2D eigenvalue weighted by molar-refractivity contribution is 0.0689. The fourth-order valence-corrected chi connectivity index (χ4v) is 2.05. The Balaban J connectivity index is 2.45. The number of rotatable bonds is 1. The Bertz CT molecular complexity index is 744. The predicted molar refractivity (Wildman–Crippen MR) is 64.4 cm³/mol. The van der Waals surface area contributed by atoms with E-state index >= 15 is 0 Å². The molecule has 0 amide bonds. The van der Waals surface area contributed by atoms with Crippen LogP contribution in [0.15, 0.2) is 36.7 Å². The first-order chi connectivity index (χ1) is 8.16. The van der Waals surface area contributed by atoms with Crippen LogP contribution in [0.5, 0.6) is 0 Å². The summed E-state index contributed by atoms with van der Waals surface area (Å²) in [7, 11) is 0. The molecule has 4 heteroatoms. The second-order valence-corrected chi connectivity index (χ2v) is 4.05. The number of nitrogens with zero attached hydrogens (tertiary/aromatic N) is 2. The van der Waals surface area contributed by atoms with Gasteiger partial charge in [0.1, 0.15) is 5.65 Å². The SMILES string of the molecule is Cc1ccc2c(ccn3c(C(=O)O)cnc23)c1. The molecule has 0 aliphatic rings. The highest BCUT2D eigenvalue weighted by Gasteiger charge is 2.11. The Morgan fingerprint density at radius 3 is 2.94 bits per heavy atom. The highest BCUT2D eigenvalue weighted by molar-refractivity contribution is 5.96. The fourth-order valence-electron chi connectivity index (χ4n) is 2.05. The Hall–Kier alpha value is -2.36. The number of carboxylic acid groups (broad SMARTS) is 1. The third-order valence-corrected chi connectivity index (χ3v) is 2.87. The molecular formula is C13H10N2O2. The van der Waals surface area contributed by atoms with Gasteiger partial charge >= 0.3 is 5.97 Å². The van der Waals surface area contributed by atoms with E-state index in [1.165, 1.54) is 11.8 Å². The van der Waals surface area contributed by atoms with Gasteiger partial charge in [-0.3, -0.25) is 4.40 Å². The first-order valence-corrected chi connectivity index (χ1v) is 5.26. The average Bonchev–Trinajstić information content (AvgIpc) is 2.72. The monoisotopic (exact) mass is 226 g/mol. The van der Waals surface area contributed by atoms with Crippen LogP contribution in [0.4, 0.5) is 0 Å². The molecule has 0 aliphatic heterocycles. The quantitative estimate of drug-likeness (QED) is 0.693. The van der Waals surface area contributed by atoms with E-state index in [0.29, 0.717) is 5.65 Å². The number of hydrogen-bond donors (Lipinski definition) is 1. The molecule has 3 rings (SSSR count). The second-order valence-electron chi connectivity index (χ2n) is 4.05. The zero-order valence-corrected chi connectivity index (χ0v) is 9.21. The summed E-state index contributed by atoms with van der Waals surface area (Å²) in [5.41, 5.74) is 2.04. The van der Waals surface area contributed by atoms with E-state index < -0.39 is 5.97 Å². The van der Waals surface area contributed by atoms with Gasteiger partial charge < -0.3 is 5.11 Å². The predicted octanol–water partition coefficient (Wildman–Crippen LogP) is 2.49. The van der Waals surface area contributed by atoms with Crippen LogP contribution in [0.2, 0.25) is 0 Å². The van der Waals surface area contributed by atoms with Crippen LogP contribution in [0.3, 0.4) is 0 Å². The molecule has 1 aromatic carbocycles. The van der Waals surface area contributed by atoms with Gasteiger partial charge in [-0.2, -0.15) is 0 Å². The second kappa shape index (κ2) is 3.31. The van der Waals surface area contributed by atoms with Crippen LogP contribution >= 0.6 is 0 Å². The number of imidazole rings is 1. The average molecular weight is 226 g/mol. The molecule has 4 nitrogen and oxygen atoms in total. The topological polar surface area (TPSA) is 54.6 Å². The highest BCUT2D eigenvalue weighted by atomic mass is 16.4. The summed E-state index contributed by atoms with van der Waals surface area (Å²) < 4.78 is 1.60. The van der Waals surface area contributed by atoms with Crippen LogP contribution in [0, 0.1) is 6.92 Å². The van der Waals surface area contributed by atoms with Crippen molar-refractivity contribution in [2.24, 2.45) is 0 Å². The van der Waals surface area contributed by atoms with Crippen LogP contribution < -0.4 is 0 Å². The zero-order valence-electron chi connectivity index (χ0n) is 9.21. The minimum absolute atomic E-state index is 0.183. The van der Waals surface area contributed by atoms with E-state index in [1.54, 1.807) is 10.6 Å². The van der Waals surface area contributed by atoms with Crippen molar-refractivity contribution >= 4 is 22.4 Å². The molecule has 2 aromatic heterocycles. The van der Waals surface area contributed by atoms with E-state index in [9.17, 15) is 4.79 Å². The minimum atomic E-state index is -0.969. The first-order valence-electron chi connectivity index (χ1n) is 5.26. The van der Waals surface area contributed by atoms with Crippen molar-refractivity contribution in [2.75, 3.05) is 0 Å². The number of aromatic carboxylic acids is 1. The van der Waals surface area contributed by atoms with Crippen molar-refractivity contribution in [3.8, 4) is 0 Å². The van der Waals surface area contributed by atoms with E-state index in [1.807, 2.05) is 25.1 Å². The molecule has 0 atom stereocenters. The van der Waals surface area contributed by atoms with Gasteiger partial charge in [-0.1, -0.05) is 23.8 Å². The Morgan fingerprint density at radius 1 is 1.35 bits per heavy atom. The lowest BCUT2D eigenvalue weighted by atomic mass is 10.1. The Labute approximate surface area is 97.1 Å². The minimum Gasteiger partial charge on any atom is -0.477 e. The lowest BCUT2D eigenvalue weighted by Crippen LogP contribution is -2.01. The molecule has 0 spiro atoms. The molecule has 0 saturated carbocycles.